The zero-order chi connectivity index (χ0) is 11.5. The van der Waals surface area contributed by atoms with Gasteiger partial charge in [0.25, 0.3) is 5.56 Å². The topological polar surface area (TPSA) is 52.2 Å². The van der Waals surface area contributed by atoms with E-state index in [0.717, 1.165) is 38.5 Å². The van der Waals surface area contributed by atoms with Crippen molar-refractivity contribution < 1.29 is 0 Å². The number of hydrogen-bond donors (Lipinski definition) is 1. The zero-order valence-corrected chi connectivity index (χ0v) is 10.8. The van der Waals surface area contributed by atoms with Crippen molar-refractivity contribution in [2.45, 2.75) is 6.92 Å². The molecule has 0 spiro atoms. The van der Waals surface area contributed by atoms with E-state index >= 15 is 0 Å². The van der Waals surface area contributed by atoms with Gasteiger partial charge in [0.15, 0.2) is 0 Å². The van der Waals surface area contributed by atoms with Crippen molar-refractivity contribution in [2.75, 3.05) is 37.6 Å². The molecule has 88 valence electrons. The van der Waals surface area contributed by atoms with E-state index in [1.807, 2.05) is 0 Å². The molecule has 0 aliphatic carbocycles. The van der Waals surface area contributed by atoms with Crippen LogP contribution < -0.4 is 10.5 Å². The van der Waals surface area contributed by atoms with Gasteiger partial charge in [-0.25, -0.2) is 4.98 Å². The van der Waals surface area contributed by atoms with Crippen LogP contribution in [0.2, 0.25) is 0 Å². The van der Waals surface area contributed by atoms with Gasteiger partial charge in [0.2, 0.25) is 0 Å². The number of rotatable bonds is 2. The Bertz CT molecular complexity index is 412. The van der Waals surface area contributed by atoms with E-state index in [0.29, 0.717) is 4.47 Å². The number of H-pyrrole nitrogens is 1. The van der Waals surface area contributed by atoms with Gasteiger partial charge >= 0.3 is 0 Å². The number of hydrogen-bond acceptors (Lipinski definition) is 4. The van der Waals surface area contributed by atoms with E-state index in [1.54, 1.807) is 0 Å². The Kier molecular flexibility index (Phi) is 3.60. The van der Waals surface area contributed by atoms with Crippen LogP contribution in [0.25, 0.3) is 0 Å². The van der Waals surface area contributed by atoms with Crippen molar-refractivity contribution in [3.05, 3.63) is 21.2 Å². The fourth-order valence-electron chi connectivity index (χ4n) is 1.87. The quantitative estimate of drug-likeness (QED) is 0.869. The highest BCUT2D eigenvalue weighted by molar-refractivity contribution is 9.10. The van der Waals surface area contributed by atoms with Crippen molar-refractivity contribution in [2.24, 2.45) is 0 Å². The lowest BCUT2D eigenvalue weighted by atomic mass is 10.3. The van der Waals surface area contributed by atoms with Gasteiger partial charge in [0.05, 0.1) is 6.33 Å². The minimum atomic E-state index is -0.122. The van der Waals surface area contributed by atoms with E-state index in [2.05, 4.69) is 42.6 Å². The summed E-state index contributed by atoms with van der Waals surface area (Å²) in [5.41, 5.74) is -0.122. The normalized spacial score (nSPS) is 17.8. The Morgan fingerprint density at radius 2 is 2.12 bits per heavy atom. The summed E-state index contributed by atoms with van der Waals surface area (Å²) in [5.74, 6) is 0.750. The van der Waals surface area contributed by atoms with Crippen LogP contribution in [0.3, 0.4) is 0 Å². The highest BCUT2D eigenvalue weighted by Gasteiger charge is 2.19. The molecule has 0 atom stereocenters. The molecule has 0 aromatic carbocycles. The zero-order valence-electron chi connectivity index (χ0n) is 9.24. The van der Waals surface area contributed by atoms with Crippen LogP contribution in [0.15, 0.2) is 15.6 Å². The smallest absolute Gasteiger partial charge is 0.267 e. The second-order valence-electron chi connectivity index (χ2n) is 3.79. The Morgan fingerprint density at radius 3 is 2.75 bits per heavy atom. The summed E-state index contributed by atoms with van der Waals surface area (Å²) in [7, 11) is 0. The Morgan fingerprint density at radius 1 is 1.44 bits per heavy atom. The summed E-state index contributed by atoms with van der Waals surface area (Å²) in [4.78, 5) is 22.7. The molecule has 1 saturated heterocycles. The van der Waals surface area contributed by atoms with Crippen LogP contribution in [0.4, 0.5) is 5.82 Å². The summed E-state index contributed by atoms with van der Waals surface area (Å²) in [6.45, 7) is 7.13. The average Bonchev–Trinajstić information content (AvgIpc) is 2.33. The molecule has 2 rings (SSSR count). The third-order valence-electron chi connectivity index (χ3n) is 2.90. The lowest BCUT2D eigenvalue weighted by Crippen LogP contribution is -2.46. The lowest BCUT2D eigenvalue weighted by Gasteiger charge is -2.34. The predicted molar refractivity (Wildman–Crippen MR) is 66.9 cm³/mol. The molecule has 1 aromatic heterocycles. The number of halogens is 1. The van der Waals surface area contributed by atoms with Crippen molar-refractivity contribution in [3.63, 3.8) is 0 Å². The van der Waals surface area contributed by atoms with Crippen LogP contribution in [0.1, 0.15) is 6.92 Å². The third-order valence-corrected chi connectivity index (χ3v) is 3.61. The lowest BCUT2D eigenvalue weighted by molar-refractivity contribution is 0.270. The molecule has 0 bridgehead atoms. The summed E-state index contributed by atoms with van der Waals surface area (Å²) >= 11 is 3.29. The monoisotopic (exact) mass is 286 g/mol. The Labute approximate surface area is 103 Å². The van der Waals surface area contributed by atoms with E-state index in [4.69, 9.17) is 0 Å². The average molecular weight is 287 g/mol. The number of likely N-dealkylation sites (N-methyl/N-ethyl adjacent to an activating group) is 1. The van der Waals surface area contributed by atoms with E-state index in [9.17, 15) is 4.79 Å². The second kappa shape index (κ2) is 4.97. The van der Waals surface area contributed by atoms with Crippen LogP contribution in [0, 0.1) is 0 Å². The van der Waals surface area contributed by atoms with Gasteiger partial charge in [-0.05, 0) is 22.5 Å². The van der Waals surface area contributed by atoms with Gasteiger partial charge in [-0.15, -0.1) is 0 Å². The van der Waals surface area contributed by atoms with E-state index < -0.39 is 0 Å². The van der Waals surface area contributed by atoms with Crippen LogP contribution in [0.5, 0.6) is 0 Å². The molecule has 6 heteroatoms. The number of aromatic amines is 1. The molecule has 16 heavy (non-hydrogen) atoms. The van der Waals surface area contributed by atoms with Gasteiger partial charge in [0, 0.05) is 26.2 Å². The minimum absolute atomic E-state index is 0.122. The van der Waals surface area contributed by atoms with E-state index in [-0.39, 0.29) is 5.56 Å². The molecule has 5 nitrogen and oxygen atoms in total. The minimum Gasteiger partial charge on any atom is -0.353 e. The van der Waals surface area contributed by atoms with Crippen molar-refractivity contribution in [3.8, 4) is 0 Å². The number of piperazine rings is 1. The van der Waals surface area contributed by atoms with Crippen LogP contribution >= 0.6 is 15.9 Å². The molecular formula is C10H15BrN4O. The molecule has 1 aliphatic rings. The fraction of sp³-hybridized carbons (Fsp3) is 0.600. The standard InChI is InChI=1S/C10H15BrN4O/c1-2-14-3-5-15(6-4-14)9-8(11)10(16)13-7-12-9/h7H,2-6H2,1H3,(H,12,13,16). The molecule has 1 aromatic rings. The molecule has 1 N–H and O–H groups in total. The maximum Gasteiger partial charge on any atom is 0.267 e. The van der Waals surface area contributed by atoms with Crippen LogP contribution in [-0.4, -0.2) is 47.6 Å². The molecule has 0 saturated carbocycles. The molecule has 0 unspecified atom stereocenters. The van der Waals surface area contributed by atoms with Crippen molar-refractivity contribution in [1.29, 1.82) is 0 Å². The molecule has 2 heterocycles. The van der Waals surface area contributed by atoms with Gasteiger partial charge in [-0.2, -0.15) is 0 Å². The number of nitrogens with zero attached hydrogens (tertiary/aromatic N) is 3. The van der Waals surface area contributed by atoms with Gasteiger partial charge in [0.1, 0.15) is 10.3 Å². The number of anilines is 1. The highest BCUT2D eigenvalue weighted by atomic mass is 79.9. The maximum absolute atomic E-state index is 11.4. The van der Waals surface area contributed by atoms with Gasteiger partial charge in [-0.1, -0.05) is 6.92 Å². The first-order chi connectivity index (χ1) is 7.72. The maximum atomic E-state index is 11.4. The first-order valence-corrected chi connectivity index (χ1v) is 6.22. The molecular weight excluding hydrogens is 272 g/mol. The fourth-order valence-corrected chi connectivity index (χ4v) is 2.34. The summed E-state index contributed by atoms with van der Waals surface area (Å²) in [5, 5.41) is 0. The summed E-state index contributed by atoms with van der Waals surface area (Å²) in [6, 6.07) is 0. The summed E-state index contributed by atoms with van der Waals surface area (Å²) in [6.07, 6.45) is 1.45. The second-order valence-corrected chi connectivity index (χ2v) is 4.58. The van der Waals surface area contributed by atoms with Crippen LogP contribution in [-0.2, 0) is 0 Å². The SMILES string of the molecule is CCN1CCN(c2nc[nH]c(=O)c2Br)CC1. The van der Waals surface area contributed by atoms with Gasteiger partial charge in [-0.3, -0.25) is 4.79 Å². The van der Waals surface area contributed by atoms with Crippen molar-refractivity contribution in [1.82, 2.24) is 14.9 Å². The summed E-state index contributed by atoms with van der Waals surface area (Å²) < 4.78 is 0.528. The number of nitrogens with one attached hydrogen (secondary N) is 1. The predicted octanol–water partition coefficient (Wildman–Crippen LogP) is 0.674. The van der Waals surface area contributed by atoms with Crippen molar-refractivity contribution >= 4 is 21.7 Å². The third kappa shape index (κ3) is 2.27. The molecule has 1 aliphatic heterocycles. The molecule has 0 amide bonds. The first-order valence-electron chi connectivity index (χ1n) is 5.43. The molecule has 1 fully saturated rings. The Hall–Kier alpha value is -0.880. The largest absolute Gasteiger partial charge is 0.353 e. The first kappa shape index (κ1) is 11.6. The number of aromatic nitrogens is 2. The molecule has 0 radical (unpaired) electrons. The highest BCUT2D eigenvalue weighted by Crippen LogP contribution is 2.20. The Balaban J connectivity index is 2.14. The van der Waals surface area contributed by atoms with E-state index in [1.165, 1.54) is 6.33 Å². The van der Waals surface area contributed by atoms with Gasteiger partial charge < -0.3 is 14.8 Å².